The molecular weight excluding hydrogens is 370 g/mol. The SMILES string of the molecule is Cc1ccccc1CC(=O)NC(C)c1nc2ccccc2n1CCC1CCCCC1. The van der Waals surface area contributed by atoms with Gasteiger partial charge in [-0.3, -0.25) is 4.79 Å². The molecule has 4 heteroatoms. The van der Waals surface area contributed by atoms with Crippen LogP contribution in [-0.4, -0.2) is 15.5 Å². The highest BCUT2D eigenvalue weighted by molar-refractivity contribution is 5.80. The second kappa shape index (κ2) is 9.46. The zero-order valence-corrected chi connectivity index (χ0v) is 18.2. The molecular formula is C26H33N3O. The second-order valence-electron chi connectivity index (χ2n) is 8.80. The molecule has 0 radical (unpaired) electrons. The summed E-state index contributed by atoms with van der Waals surface area (Å²) in [4.78, 5) is 17.6. The van der Waals surface area contributed by atoms with Crippen LogP contribution in [-0.2, 0) is 17.8 Å². The fourth-order valence-electron chi connectivity index (χ4n) is 4.79. The predicted molar refractivity (Wildman–Crippen MR) is 122 cm³/mol. The Bertz CT molecular complexity index is 1000. The first-order valence-corrected chi connectivity index (χ1v) is 11.4. The van der Waals surface area contributed by atoms with Gasteiger partial charge in [0.1, 0.15) is 5.82 Å². The van der Waals surface area contributed by atoms with Gasteiger partial charge in [0.05, 0.1) is 23.5 Å². The van der Waals surface area contributed by atoms with Gasteiger partial charge in [-0.1, -0.05) is 68.5 Å². The van der Waals surface area contributed by atoms with Gasteiger partial charge >= 0.3 is 0 Å². The van der Waals surface area contributed by atoms with Gasteiger partial charge in [-0.15, -0.1) is 0 Å². The van der Waals surface area contributed by atoms with Gasteiger partial charge in [0.2, 0.25) is 5.91 Å². The lowest BCUT2D eigenvalue weighted by molar-refractivity contribution is -0.121. The van der Waals surface area contributed by atoms with Crippen LogP contribution in [0.1, 0.15) is 68.4 Å². The molecule has 1 amide bonds. The van der Waals surface area contributed by atoms with Crippen molar-refractivity contribution in [2.45, 2.75) is 71.4 Å². The van der Waals surface area contributed by atoms with Crippen LogP contribution in [0.5, 0.6) is 0 Å². The molecule has 1 aromatic heterocycles. The van der Waals surface area contributed by atoms with E-state index in [0.29, 0.717) is 6.42 Å². The Labute approximate surface area is 179 Å². The number of benzene rings is 2. The van der Waals surface area contributed by atoms with Crippen molar-refractivity contribution in [1.82, 2.24) is 14.9 Å². The van der Waals surface area contributed by atoms with Gasteiger partial charge in [-0.2, -0.15) is 0 Å². The van der Waals surface area contributed by atoms with E-state index in [1.165, 1.54) is 44.0 Å². The summed E-state index contributed by atoms with van der Waals surface area (Å²) in [6, 6.07) is 16.3. The van der Waals surface area contributed by atoms with Crippen molar-refractivity contribution in [2.24, 2.45) is 5.92 Å². The number of carbonyl (C=O) groups excluding carboxylic acids is 1. The molecule has 1 unspecified atom stereocenters. The Balaban J connectivity index is 1.50. The summed E-state index contributed by atoms with van der Waals surface area (Å²) in [5, 5.41) is 3.19. The van der Waals surface area contributed by atoms with E-state index in [1.54, 1.807) is 0 Å². The highest BCUT2D eigenvalue weighted by Gasteiger charge is 2.20. The molecule has 1 saturated carbocycles. The number of fused-ring (bicyclic) bond motifs is 1. The van der Waals surface area contributed by atoms with Crippen LogP contribution in [0.25, 0.3) is 11.0 Å². The molecule has 1 aliphatic carbocycles. The van der Waals surface area contributed by atoms with E-state index in [0.717, 1.165) is 34.9 Å². The molecule has 0 saturated heterocycles. The number of carbonyl (C=O) groups is 1. The van der Waals surface area contributed by atoms with E-state index >= 15 is 0 Å². The highest BCUT2D eigenvalue weighted by atomic mass is 16.1. The van der Waals surface area contributed by atoms with Crippen LogP contribution in [0.4, 0.5) is 0 Å². The Morgan fingerprint density at radius 2 is 1.83 bits per heavy atom. The molecule has 0 spiro atoms. The summed E-state index contributed by atoms with van der Waals surface area (Å²) in [5.74, 6) is 1.83. The first-order chi connectivity index (χ1) is 14.6. The summed E-state index contributed by atoms with van der Waals surface area (Å²) in [5.41, 5.74) is 4.41. The lowest BCUT2D eigenvalue weighted by atomic mass is 9.87. The Morgan fingerprint density at radius 1 is 1.10 bits per heavy atom. The van der Waals surface area contributed by atoms with E-state index in [-0.39, 0.29) is 11.9 Å². The molecule has 1 N–H and O–H groups in total. The first kappa shape index (κ1) is 20.6. The highest BCUT2D eigenvalue weighted by Crippen LogP contribution is 2.28. The van der Waals surface area contributed by atoms with Gasteiger partial charge in [-0.05, 0) is 49.4 Å². The van der Waals surface area contributed by atoms with Crippen LogP contribution in [0, 0.1) is 12.8 Å². The molecule has 2 aromatic carbocycles. The topological polar surface area (TPSA) is 46.9 Å². The van der Waals surface area contributed by atoms with Crippen LogP contribution in [0.15, 0.2) is 48.5 Å². The molecule has 3 aromatic rings. The summed E-state index contributed by atoms with van der Waals surface area (Å²) in [6.07, 6.45) is 8.42. The number of imidazole rings is 1. The number of nitrogens with zero attached hydrogens (tertiary/aromatic N) is 2. The van der Waals surface area contributed by atoms with Crippen molar-refractivity contribution < 1.29 is 4.79 Å². The van der Waals surface area contributed by atoms with Crippen molar-refractivity contribution in [3.05, 3.63) is 65.5 Å². The molecule has 1 fully saturated rings. The summed E-state index contributed by atoms with van der Waals surface area (Å²) >= 11 is 0. The summed E-state index contributed by atoms with van der Waals surface area (Å²) in [6.45, 7) is 5.07. The van der Waals surface area contributed by atoms with Crippen molar-refractivity contribution in [2.75, 3.05) is 0 Å². The molecule has 0 aliphatic heterocycles. The lowest BCUT2D eigenvalue weighted by Gasteiger charge is -2.23. The van der Waals surface area contributed by atoms with E-state index in [2.05, 4.69) is 41.1 Å². The van der Waals surface area contributed by atoms with Gasteiger partial charge in [0.25, 0.3) is 0 Å². The molecule has 158 valence electrons. The minimum atomic E-state index is -0.125. The first-order valence-electron chi connectivity index (χ1n) is 11.4. The number of rotatable bonds is 7. The number of hydrogen-bond donors (Lipinski definition) is 1. The van der Waals surface area contributed by atoms with Crippen molar-refractivity contribution in [3.8, 4) is 0 Å². The number of aryl methyl sites for hydroxylation is 2. The second-order valence-corrected chi connectivity index (χ2v) is 8.80. The van der Waals surface area contributed by atoms with Gasteiger partial charge in [-0.25, -0.2) is 4.98 Å². The predicted octanol–water partition coefficient (Wildman–Crippen LogP) is 5.74. The Hall–Kier alpha value is -2.62. The van der Waals surface area contributed by atoms with E-state index < -0.39 is 0 Å². The van der Waals surface area contributed by atoms with Crippen LogP contribution in [0.3, 0.4) is 0 Å². The third-order valence-corrected chi connectivity index (χ3v) is 6.55. The average molecular weight is 404 g/mol. The fourth-order valence-corrected chi connectivity index (χ4v) is 4.79. The maximum Gasteiger partial charge on any atom is 0.225 e. The smallest absolute Gasteiger partial charge is 0.225 e. The summed E-state index contributed by atoms with van der Waals surface area (Å²) < 4.78 is 2.34. The average Bonchev–Trinajstić information content (AvgIpc) is 3.13. The van der Waals surface area contributed by atoms with Crippen LogP contribution < -0.4 is 5.32 Å². The number of nitrogens with one attached hydrogen (secondary N) is 1. The molecule has 1 heterocycles. The quantitative estimate of drug-likeness (QED) is 0.547. The molecule has 1 aliphatic rings. The monoisotopic (exact) mass is 403 g/mol. The minimum absolute atomic E-state index is 0.0442. The minimum Gasteiger partial charge on any atom is -0.346 e. The number of amides is 1. The number of para-hydroxylation sites is 2. The molecule has 1 atom stereocenters. The summed E-state index contributed by atoms with van der Waals surface area (Å²) in [7, 11) is 0. The lowest BCUT2D eigenvalue weighted by Crippen LogP contribution is -2.30. The van der Waals surface area contributed by atoms with Crippen LogP contribution in [0.2, 0.25) is 0 Å². The molecule has 30 heavy (non-hydrogen) atoms. The van der Waals surface area contributed by atoms with E-state index in [1.807, 2.05) is 31.2 Å². The largest absolute Gasteiger partial charge is 0.346 e. The van der Waals surface area contributed by atoms with Crippen LogP contribution >= 0.6 is 0 Å². The zero-order valence-electron chi connectivity index (χ0n) is 18.2. The van der Waals surface area contributed by atoms with Crippen molar-refractivity contribution >= 4 is 16.9 Å². The van der Waals surface area contributed by atoms with Crippen molar-refractivity contribution in [1.29, 1.82) is 0 Å². The molecule has 4 rings (SSSR count). The van der Waals surface area contributed by atoms with Gasteiger partial charge in [0, 0.05) is 6.54 Å². The fraction of sp³-hybridized carbons (Fsp3) is 0.462. The van der Waals surface area contributed by atoms with E-state index in [4.69, 9.17) is 4.98 Å². The number of hydrogen-bond acceptors (Lipinski definition) is 2. The maximum atomic E-state index is 12.7. The maximum absolute atomic E-state index is 12.7. The number of aromatic nitrogens is 2. The Kier molecular flexibility index (Phi) is 6.51. The van der Waals surface area contributed by atoms with E-state index in [9.17, 15) is 4.79 Å². The zero-order chi connectivity index (χ0) is 20.9. The standard InChI is InChI=1S/C26H33N3O/c1-19-10-6-7-13-22(19)18-25(30)27-20(2)26-28-23-14-8-9-15-24(23)29(26)17-16-21-11-4-3-5-12-21/h6-10,13-15,20-21H,3-5,11-12,16-18H2,1-2H3,(H,27,30). The van der Waals surface area contributed by atoms with Gasteiger partial charge < -0.3 is 9.88 Å². The third kappa shape index (κ3) is 4.75. The van der Waals surface area contributed by atoms with Gasteiger partial charge in [0.15, 0.2) is 0 Å². The molecule has 4 nitrogen and oxygen atoms in total. The normalized spacial score (nSPS) is 15.9. The molecule has 0 bridgehead atoms. The third-order valence-electron chi connectivity index (χ3n) is 6.55. The van der Waals surface area contributed by atoms with Crippen molar-refractivity contribution in [3.63, 3.8) is 0 Å². The Morgan fingerprint density at radius 3 is 2.63 bits per heavy atom.